The number of hydrogen-bond donors (Lipinski definition) is 1. The Bertz CT molecular complexity index is 629. The molecule has 0 atom stereocenters. The molecular weight excluding hydrogens is 342 g/mol. The Morgan fingerprint density at radius 3 is 2.60 bits per heavy atom. The first kappa shape index (κ1) is 14.8. The molecule has 4 nitrogen and oxygen atoms in total. The van der Waals surface area contributed by atoms with Crippen LogP contribution in [0.2, 0.25) is 5.02 Å². The first-order valence-electron chi connectivity index (χ1n) is 5.87. The highest BCUT2D eigenvalue weighted by Gasteiger charge is 2.08. The average Bonchev–Trinajstić information content (AvgIpc) is 2.42. The lowest BCUT2D eigenvalue weighted by molar-refractivity contribution is 0.102. The van der Waals surface area contributed by atoms with Gasteiger partial charge in [0.05, 0.1) is 16.9 Å². The van der Waals surface area contributed by atoms with Crippen molar-refractivity contribution in [2.45, 2.75) is 0 Å². The lowest BCUT2D eigenvalue weighted by Gasteiger charge is -2.11. The van der Waals surface area contributed by atoms with Crippen LogP contribution < -0.4 is 10.2 Å². The molecule has 0 radical (unpaired) electrons. The van der Waals surface area contributed by atoms with E-state index in [9.17, 15) is 4.79 Å². The third kappa shape index (κ3) is 3.49. The zero-order valence-electron chi connectivity index (χ0n) is 11.0. The Morgan fingerprint density at radius 2 is 2.05 bits per heavy atom. The summed E-state index contributed by atoms with van der Waals surface area (Å²) < 4.78 is 0.688. The zero-order valence-corrected chi connectivity index (χ0v) is 13.4. The number of benzene rings is 1. The number of halogens is 2. The molecule has 0 saturated heterocycles. The molecule has 6 heteroatoms. The highest BCUT2D eigenvalue weighted by molar-refractivity contribution is 9.10. The van der Waals surface area contributed by atoms with E-state index in [2.05, 4.69) is 26.2 Å². The van der Waals surface area contributed by atoms with Crippen LogP contribution in [0.15, 0.2) is 41.0 Å². The van der Waals surface area contributed by atoms with Crippen LogP contribution in [0.1, 0.15) is 10.4 Å². The molecule has 0 unspecified atom stereocenters. The standard InChI is InChI=1S/C14H13BrClN3O/c1-19(2)13-6-4-10(8-17-13)18-14(20)9-3-5-12(16)11(15)7-9/h3-8H,1-2H3,(H,18,20). The number of anilines is 2. The summed E-state index contributed by atoms with van der Waals surface area (Å²) in [7, 11) is 3.82. The summed E-state index contributed by atoms with van der Waals surface area (Å²) in [6, 6.07) is 8.68. The Labute approximate surface area is 130 Å². The van der Waals surface area contributed by atoms with Crippen LogP contribution in [0.25, 0.3) is 0 Å². The van der Waals surface area contributed by atoms with E-state index < -0.39 is 0 Å². The first-order valence-corrected chi connectivity index (χ1v) is 7.04. The first-order chi connectivity index (χ1) is 9.47. The van der Waals surface area contributed by atoms with Crippen molar-refractivity contribution in [1.82, 2.24) is 4.98 Å². The van der Waals surface area contributed by atoms with Gasteiger partial charge in [-0.1, -0.05) is 11.6 Å². The van der Waals surface area contributed by atoms with Gasteiger partial charge in [0.25, 0.3) is 5.91 Å². The van der Waals surface area contributed by atoms with Crippen LogP contribution >= 0.6 is 27.5 Å². The van der Waals surface area contributed by atoms with Crippen molar-refractivity contribution in [2.75, 3.05) is 24.3 Å². The van der Waals surface area contributed by atoms with Crippen LogP contribution in [-0.2, 0) is 0 Å². The lowest BCUT2D eigenvalue weighted by atomic mass is 10.2. The van der Waals surface area contributed by atoms with Crippen molar-refractivity contribution in [3.63, 3.8) is 0 Å². The molecule has 0 bridgehead atoms. The summed E-state index contributed by atoms with van der Waals surface area (Å²) in [6.07, 6.45) is 1.62. The smallest absolute Gasteiger partial charge is 0.255 e. The van der Waals surface area contributed by atoms with Gasteiger partial charge < -0.3 is 10.2 Å². The molecule has 2 aromatic rings. The third-order valence-corrected chi connectivity index (χ3v) is 3.86. The minimum atomic E-state index is -0.207. The summed E-state index contributed by atoms with van der Waals surface area (Å²) >= 11 is 9.19. The molecule has 1 N–H and O–H groups in total. The van der Waals surface area contributed by atoms with Gasteiger partial charge in [0.1, 0.15) is 5.82 Å². The van der Waals surface area contributed by atoms with E-state index in [-0.39, 0.29) is 5.91 Å². The van der Waals surface area contributed by atoms with Crippen molar-refractivity contribution >= 4 is 44.9 Å². The van der Waals surface area contributed by atoms with Gasteiger partial charge in [-0.05, 0) is 46.3 Å². The van der Waals surface area contributed by atoms with Crippen LogP contribution in [0.5, 0.6) is 0 Å². The maximum atomic E-state index is 12.1. The minimum absolute atomic E-state index is 0.207. The van der Waals surface area contributed by atoms with Crippen molar-refractivity contribution < 1.29 is 4.79 Å². The number of amides is 1. The van der Waals surface area contributed by atoms with Gasteiger partial charge >= 0.3 is 0 Å². The Balaban J connectivity index is 2.12. The monoisotopic (exact) mass is 353 g/mol. The van der Waals surface area contributed by atoms with Gasteiger partial charge in [-0.25, -0.2) is 4.98 Å². The number of hydrogen-bond acceptors (Lipinski definition) is 3. The Morgan fingerprint density at radius 1 is 1.30 bits per heavy atom. The summed E-state index contributed by atoms with van der Waals surface area (Å²) in [6.45, 7) is 0. The number of pyridine rings is 1. The van der Waals surface area contributed by atoms with Crippen LogP contribution in [-0.4, -0.2) is 25.0 Å². The second-order valence-electron chi connectivity index (χ2n) is 4.38. The highest BCUT2D eigenvalue weighted by atomic mass is 79.9. The van der Waals surface area contributed by atoms with Gasteiger partial charge in [0, 0.05) is 24.1 Å². The van der Waals surface area contributed by atoms with Crippen LogP contribution in [0.4, 0.5) is 11.5 Å². The van der Waals surface area contributed by atoms with Crippen LogP contribution in [0.3, 0.4) is 0 Å². The molecule has 0 saturated carbocycles. The third-order valence-electron chi connectivity index (χ3n) is 2.65. The molecule has 0 spiro atoms. The fraction of sp³-hybridized carbons (Fsp3) is 0.143. The Kier molecular flexibility index (Phi) is 4.62. The predicted molar refractivity (Wildman–Crippen MR) is 85.7 cm³/mol. The van der Waals surface area contributed by atoms with Gasteiger partial charge in [-0.3, -0.25) is 4.79 Å². The number of nitrogens with one attached hydrogen (secondary N) is 1. The van der Waals surface area contributed by atoms with E-state index in [1.807, 2.05) is 31.1 Å². The number of nitrogens with zero attached hydrogens (tertiary/aromatic N) is 2. The van der Waals surface area contributed by atoms with Gasteiger partial charge in [0.15, 0.2) is 0 Å². The molecule has 1 aromatic heterocycles. The maximum absolute atomic E-state index is 12.1. The van der Waals surface area contributed by atoms with E-state index in [1.54, 1.807) is 24.4 Å². The molecule has 0 aliphatic carbocycles. The molecular formula is C14H13BrClN3O. The molecule has 20 heavy (non-hydrogen) atoms. The van der Waals surface area contributed by atoms with E-state index in [4.69, 9.17) is 11.6 Å². The fourth-order valence-corrected chi connectivity index (χ4v) is 2.06. The quantitative estimate of drug-likeness (QED) is 0.911. The SMILES string of the molecule is CN(C)c1ccc(NC(=O)c2ccc(Cl)c(Br)c2)cn1. The molecule has 1 heterocycles. The molecule has 1 amide bonds. The number of carbonyl (C=O) groups is 1. The molecule has 2 rings (SSSR count). The molecule has 104 valence electrons. The largest absolute Gasteiger partial charge is 0.363 e. The van der Waals surface area contributed by atoms with Crippen molar-refractivity contribution in [3.8, 4) is 0 Å². The second kappa shape index (κ2) is 6.24. The summed E-state index contributed by atoms with van der Waals surface area (Å²) in [5, 5.41) is 3.36. The van der Waals surface area contributed by atoms with Crippen molar-refractivity contribution in [3.05, 3.63) is 51.6 Å². The number of aromatic nitrogens is 1. The molecule has 1 aromatic carbocycles. The summed E-state index contributed by atoms with van der Waals surface area (Å²) in [5.41, 5.74) is 1.17. The van der Waals surface area contributed by atoms with Gasteiger partial charge in [-0.2, -0.15) is 0 Å². The van der Waals surface area contributed by atoms with Crippen molar-refractivity contribution in [2.24, 2.45) is 0 Å². The lowest BCUT2D eigenvalue weighted by Crippen LogP contribution is -2.13. The molecule has 0 fully saturated rings. The fourth-order valence-electron chi connectivity index (χ4n) is 1.57. The van der Waals surface area contributed by atoms with E-state index in [0.29, 0.717) is 20.7 Å². The van der Waals surface area contributed by atoms with Gasteiger partial charge in [0.2, 0.25) is 0 Å². The van der Waals surface area contributed by atoms with Crippen LogP contribution in [0, 0.1) is 0 Å². The summed E-state index contributed by atoms with van der Waals surface area (Å²) in [5.74, 6) is 0.624. The molecule has 0 aliphatic heterocycles. The maximum Gasteiger partial charge on any atom is 0.255 e. The number of carbonyl (C=O) groups excluding carboxylic acids is 1. The summed E-state index contributed by atoms with van der Waals surface area (Å²) in [4.78, 5) is 18.2. The van der Waals surface area contributed by atoms with Crippen molar-refractivity contribution in [1.29, 1.82) is 0 Å². The topological polar surface area (TPSA) is 45.2 Å². The predicted octanol–water partition coefficient (Wildman–Crippen LogP) is 3.82. The normalized spacial score (nSPS) is 10.2. The second-order valence-corrected chi connectivity index (χ2v) is 5.64. The van der Waals surface area contributed by atoms with E-state index in [0.717, 1.165) is 5.82 Å². The van der Waals surface area contributed by atoms with Gasteiger partial charge in [-0.15, -0.1) is 0 Å². The minimum Gasteiger partial charge on any atom is -0.363 e. The van der Waals surface area contributed by atoms with E-state index in [1.165, 1.54) is 0 Å². The average molecular weight is 355 g/mol. The Hall–Kier alpha value is -1.59. The van der Waals surface area contributed by atoms with E-state index >= 15 is 0 Å². The number of rotatable bonds is 3. The highest BCUT2D eigenvalue weighted by Crippen LogP contribution is 2.23. The zero-order chi connectivity index (χ0) is 14.7. The molecule has 0 aliphatic rings.